The number of aliphatic hydroxyl groups is 1. The number of ether oxygens (including phenoxy) is 2. The van der Waals surface area contributed by atoms with Gasteiger partial charge in [0.1, 0.15) is 83.5 Å². The molecule has 51 heteroatoms. The molecule has 17 aromatic heterocycles. The molecule has 0 fully saturated rings. The highest BCUT2D eigenvalue weighted by molar-refractivity contribution is 9.10. The van der Waals surface area contributed by atoms with E-state index in [0.29, 0.717) is 56.1 Å². The quantitative estimate of drug-likeness (QED) is 0.0407. The number of nitrogen functional groups attached to an aromatic ring is 1. The molecule has 0 spiro atoms. The van der Waals surface area contributed by atoms with Crippen molar-refractivity contribution in [2.75, 3.05) is 16.4 Å². The number of hydrogen-bond acceptors (Lipinski definition) is 31. The summed E-state index contributed by atoms with van der Waals surface area (Å²) in [4.78, 5) is 113. The van der Waals surface area contributed by atoms with Gasteiger partial charge >= 0.3 is 24.6 Å². The van der Waals surface area contributed by atoms with Gasteiger partial charge in [-0.15, -0.1) is 25.5 Å². The summed E-state index contributed by atoms with van der Waals surface area (Å²) >= 11 is 20.5. The summed E-state index contributed by atoms with van der Waals surface area (Å²) in [6, 6.07) is 49.7. The molecule has 145 heavy (non-hydrogen) atoms. The Kier molecular flexibility index (Phi) is 43.1. The van der Waals surface area contributed by atoms with Crippen molar-refractivity contribution in [3.05, 3.63) is 339 Å². The van der Waals surface area contributed by atoms with Gasteiger partial charge in [0.25, 0.3) is 25.7 Å². The number of nitrogens with zero attached hydrogens (tertiary/aromatic N) is 22. The van der Waals surface area contributed by atoms with Crippen LogP contribution in [0.4, 0.5) is 77.0 Å². The van der Waals surface area contributed by atoms with Crippen molar-refractivity contribution < 1.29 is 101 Å². The van der Waals surface area contributed by atoms with Crippen molar-refractivity contribution in [3.8, 4) is 57.8 Å². The summed E-state index contributed by atoms with van der Waals surface area (Å²) in [6.07, 6.45) is 10.0. The lowest BCUT2D eigenvalue weighted by Crippen LogP contribution is -2.06. The fourth-order valence-electron chi connectivity index (χ4n) is 12.6. The third-order valence-electron chi connectivity index (χ3n) is 18.9. The molecule has 2 aromatic carbocycles. The number of nitrogens with one attached hydrogen (secondary N) is 2. The van der Waals surface area contributed by atoms with Gasteiger partial charge in [0.2, 0.25) is 39.8 Å². The second kappa shape index (κ2) is 56.2. The Morgan fingerprint density at radius 1 is 0.366 bits per heavy atom. The van der Waals surface area contributed by atoms with Crippen LogP contribution in [-0.2, 0) is 70.6 Å². The standard InChI is InChI=1S/C20H16F2N4O.C19H15F3N6.C18H13F3N6O.C14H12ClN3O.C8H7Cl2N3.C6H4BrF2N.C5H5FN2.4CO2/c1-2-13-11-12-26-17(13)20(27-14-7-4-3-5-8-14)24-19(25-26)16-10-6-9-15(23-16)18(21)22;1-2-11-7-9-28-16(11)19(25-13-6-8-23-10-12(13)20)26-18(27-28)15-5-3-4-14(24-15)17(21)22;19-11-8-22-6-4-12(11)24-18-15-10(9-28)5-7-27(15)26-17(25-18)14-3-1-2-13(23-14)16(20)21;1-2-10-8-9-18-12(10)13(16-14(15)17-18)19-11-6-4-3-5-7-11;1-2-5-3-4-13-6(5)7(9)11-8(10)12-13;7-5-3-1-2-4(10-5)6(8)9;6-4-3-8-2-1-5(4)7;4*2-1-3/h3-12,18H,2H2,1H3;3-10,17H,2H2,1H3,(H,23,25,26,27);1-8,16,28H,9H2,(H,22,24,25,26);3-9H,2H2,1H3;3-4H,2H2,1H3;1-3,6H;1-3H,(H2,7,8);;;;. The lowest BCUT2D eigenvalue weighted by atomic mass is 10.2. The number of pyridine rings is 7. The van der Waals surface area contributed by atoms with Crippen LogP contribution < -0.4 is 25.8 Å². The van der Waals surface area contributed by atoms with Crippen LogP contribution in [0.1, 0.15) is 104 Å². The van der Waals surface area contributed by atoms with Crippen LogP contribution in [0.15, 0.2) is 255 Å². The topological polar surface area (TPSA) is 467 Å². The molecular formula is C94H72BrCl3F11N25O11. The van der Waals surface area contributed by atoms with Crippen molar-refractivity contribution in [1.29, 1.82) is 0 Å². The van der Waals surface area contributed by atoms with E-state index in [1.54, 1.807) is 60.9 Å². The zero-order valence-electron chi connectivity index (χ0n) is 75.1. The van der Waals surface area contributed by atoms with Gasteiger partial charge in [0.15, 0.2) is 34.2 Å². The summed E-state index contributed by atoms with van der Waals surface area (Å²) in [5.74, 6) is 1.54. The maximum absolute atomic E-state index is 14.1. The smallest absolute Gasteiger partial charge is 0.373 e. The van der Waals surface area contributed by atoms with E-state index in [0.717, 1.165) is 82.4 Å². The van der Waals surface area contributed by atoms with Crippen LogP contribution in [0.5, 0.6) is 23.3 Å². The van der Waals surface area contributed by atoms with Gasteiger partial charge in [-0.25, -0.2) is 106 Å². The predicted octanol–water partition coefficient (Wildman–Crippen LogP) is 20.7. The number of rotatable bonds is 20. The maximum atomic E-state index is 14.1. The number of nitrogens with two attached hydrogens (primary N) is 1. The van der Waals surface area contributed by atoms with Crippen LogP contribution in [-0.4, -0.2) is 138 Å². The summed E-state index contributed by atoms with van der Waals surface area (Å²) in [5, 5.41) is 37.4. The van der Waals surface area contributed by atoms with E-state index in [2.05, 4.69) is 126 Å². The minimum Gasteiger partial charge on any atom is -0.437 e. The maximum Gasteiger partial charge on any atom is 0.373 e. The van der Waals surface area contributed by atoms with Crippen molar-refractivity contribution >= 4 is 132 Å². The summed E-state index contributed by atoms with van der Waals surface area (Å²) in [6.45, 7) is 7.86. The molecule has 0 atom stereocenters. The third kappa shape index (κ3) is 31.3. The minimum absolute atomic E-state index is 0.0621. The number of aryl methyl sites for hydroxylation is 4. The van der Waals surface area contributed by atoms with E-state index in [4.69, 9.17) is 88.4 Å². The lowest BCUT2D eigenvalue weighted by molar-refractivity contribution is -0.193. The second-order valence-corrected chi connectivity index (χ2v) is 29.7. The summed E-state index contributed by atoms with van der Waals surface area (Å²) in [7, 11) is 0. The number of aromatic nitrogens is 22. The highest BCUT2D eigenvalue weighted by atomic mass is 79.9. The Morgan fingerprint density at radius 2 is 0.683 bits per heavy atom. The monoisotopic (exact) mass is 2120 g/mol. The van der Waals surface area contributed by atoms with Crippen molar-refractivity contribution in [2.45, 2.75) is 85.7 Å². The summed E-state index contributed by atoms with van der Waals surface area (Å²) < 4.78 is 162. The lowest BCUT2D eigenvalue weighted by Gasteiger charge is -2.11. The Balaban J connectivity index is 0.000000191. The minimum atomic E-state index is -2.74. The molecule has 0 bridgehead atoms. The number of carbonyl (C=O) groups excluding carboxylic acids is 8. The fraction of sp³-hybridized carbons (Fsp3) is 0.138. The molecule has 0 saturated carbocycles. The van der Waals surface area contributed by atoms with Gasteiger partial charge in [0, 0.05) is 55.1 Å². The first kappa shape index (κ1) is 111. The van der Waals surface area contributed by atoms with Gasteiger partial charge < -0.3 is 30.9 Å². The molecule has 17 heterocycles. The van der Waals surface area contributed by atoms with Gasteiger partial charge in [0.05, 0.1) is 42.3 Å². The highest BCUT2D eigenvalue weighted by Crippen LogP contribution is 2.36. The molecular weight excluding hydrogens is 2050 g/mol. The van der Waals surface area contributed by atoms with E-state index in [9.17, 15) is 53.4 Å². The molecule has 0 aliphatic heterocycles. The first-order valence-corrected chi connectivity index (χ1v) is 43.5. The normalized spacial score (nSPS) is 10.3. The molecule has 0 aliphatic carbocycles. The molecule has 0 radical (unpaired) electrons. The Hall–Kier alpha value is -17.4. The number of fused-ring (bicyclic) bond motifs is 5. The number of benzene rings is 2. The average molecular weight is 2120 g/mol. The molecule has 0 saturated heterocycles. The molecule has 0 aliphatic rings. The molecule has 19 rings (SSSR count). The van der Waals surface area contributed by atoms with Crippen LogP contribution in [0.3, 0.4) is 0 Å². The Bertz CT molecular complexity index is 7410. The number of para-hydroxylation sites is 2. The van der Waals surface area contributed by atoms with E-state index >= 15 is 0 Å². The molecule has 0 unspecified atom stereocenters. The van der Waals surface area contributed by atoms with Crippen LogP contribution in [0.25, 0.3) is 62.1 Å². The van der Waals surface area contributed by atoms with Gasteiger partial charge in [-0.1, -0.05) is 100.0 Å². The van der Waals surface area contributed by atoms with Crippen LogP contribution >= 0.6 is 50.7 Å². The van der Waals surface area contributed by atoms with E-state index in [-0.39, 0.29) is 116 Å². The Morgan fingerprint density at radius 3 is 1.03 bits per heavy atom. The average Bonchev–Trinajstić information content (AvgIpc) is 1.55. The largest absolute Gasteiger partial charge is 0.437 e. The number of halogens is 15. The molecule has 0 amide bonds. The number of alkyl halides is 8. The van der Waals surface area contributed by atoms with E-state index in [1.807, 2.05) is 111 Å². The molecule has 19 aromatic rings. The first-order valence-electron chi connectivity index (χ1n) is 41.6. The number of hydrogen-bond donors (Lipinski definition) is 4. The van der Waals surface area contributed by atoms with E-state index < -0.39 is 48.8 Å². The van der Waals surface area contributed by atoms with Gasteiger partial charge in [-0.3, -0.25) is 15.0 Å². The highest BCUT2D eigenvalue weighted by Gasteiger charge is 2.24. The van der Waals surface area contributed by atoms with Crippen molar-refractivity contribution in [1.82, 2.24) is 108 Å². The van der Waals surface area contributed by atoms with E-state index in [1.165, 1.54) is 95.9 Å². The summed E-state index contributed by atoms with van der Waals surface area (Å²) in [5.41, 5.74) is 13.2. The van der Waals surface area contributed by atoms with Gasteiger partial charge in [-0.05, 0) is 208 Å². The first-order chi connectivity index (χ1) is 69.9. The predicted molar refractivity (Wildman–Crippen MR) is 501 cm³/mol. The van der Waals surface area contributed by atoms with Crippen molar-refractivity contribution in [3.63, 3.8) is 0 Å². The van der Waals surface area contributed by atoms with Gasteiger partial charge in [-0.2, -0.15) is 48.3 Å². The molecule has 36 nitrogen and oxygen atoms in total. The molecule has 744 valence electrons. The number of aliphatic hydroxyl groups excluding tert-OH is 1. The third-order valence-corrected chi connectivity index (χ3v) is 19.9. The SMILES string of the molecule is CCc1ccn2nc(-c3cccc(C(F)F)n3)nc(Nc3ccncc3F)c12.CCc1ccn2nc(-c3cccc(C(F)F)n3)nc(Oc3ccccc3)c12.CCc1ccn2nc(Cl)nc(Cl)c12.CCc1ccn2nc(Cl)nc(Oc3ccccc3)c12.FC(F)c1cccc(Br)n1.Nc1ccncc1F.O=C=O.O=C=O.O=C=O.O=C=O.OCc1ccn2nc(-c3cccc(C(F)F)n3)nc(Nc3ccncc3F)c12. The van der Waals surface area contributed by atoms with Crippen LogP contribution in [0, 0.1) is 17.5 Å². The van der Waals surface area contributed by atoms with Crippen molar-refractivity contribution in [2.24, 2.45) is 0 Å². The van der Waals surface area contributed by atoms with Crippen LogP contribution in [0.2, 0.25) is 15.7 Å². The second-order valence-electron chi connectivity index (χ2n) is 27.9. The fourth-order valence-corrected chi connectivity index (χ4v) is 13.6. The molecule has 5 N–H and O–H groups in total. The zero-order valence-corrected chi connectivity index (χ0v) is 79.0. The zero-order chi connectivity index (χ0) is 105. The number of anilines is 5. The Labute approximate surface area is 834 Å².